The van der Waals surface area contributed by atoms with E-state index in [2.05, 4.69) is 10.6 Å². The maximum absolute atomic E-state index is 13.5. The maximum atomic E-state index is 13.5. The highest BCUT2D eigenvalue weighted by molar-refractivity contribution is 6.16. The molecule has 0 bridgehead atoms. The van der Waals surface area contributed by atoms with Crippen molar-refractivity contribution < 1.29 is 37.7 Å². The molecule has 0 heterocycles. The lowest BCUT2D eigenvalue weighted by molar-refractivity contribution is -0.137. The predicted octanol–water partition coefficient (Wildman–Crippen LogP) is 6.92. The van der Waals surface area contributed by atoms with Crippen molar-refractivity contribution >= 4 is 39.0 Å². The monoisotopic (exact) mass is 602 g/mol. The molecule has 0 atom stereocenters. The van der Waals surface area contributed by atoms with Gasteiger partial charge in [-0.25, -0.2) is 0 Å². The highest BCUT2D eigenvalue weighted by atomic mass is 19.4. The normalized spacial score (nSPS) is 11.6. The summed E-state index contributed by atoms with van der Waals surface area (Å²) in [7, 11) is 0. The van der Waals surface area contributed by atoms with Crippen LogP contribution in [0.2, 0.25) is 0 Å². The predicted molar refractivity (Wildman–Crippen MR) is 162 cm³/mol. The first kappa shape index (κ1) is 30.5. The second-order valence-corrected chi connectivity index (χ2v) is 10.2. The Bertz CT molecular complexity index is 1800. The number of nitrogens with one attached hydrogen (secondary N) is 2. The zero-order valence-electron chi connectivity index (χ0n) is 23.4. The number of ether oxygens (including phenoxy) is 1. The van der Waals surface area contributed by atoms with Crippen LogP contribution < -0.4 is 15.4 Å². The fourth-order valence-corrected chi connectivity index (χ4v) is 5.00. The molecule has 0 aliphatic rings. The van der Waals surface area contributed by atoms with Gasteiger partial charge in [0.1, 0.15) is 11.5 Å². The fraction of sp³-hybridized carbons (Fsp3) is 0.176. The van der Waals surface area contributed by atoms with Crippen LogP contribution in [0.4, 0.5) is 18.9 Å². The van der Waals surface area contributed by atoms with Crippen molar-refractivity contribution in [2.75, 3.05) is 18.5 Å². The molecule has 7 nitrogen and oxygen atoms in total. The average molecular weight is 603 g/mol. The Labute approximate surface area is 250 Å². The molecule has 0 aliphatic carbocycles. The van der Waals surface area contributed by atoms with E-state index in [0.29, 0.717) is 27.5 Å². The minimum absolute atomic E-state index is 0.164. The van der Waals surface area contributed by atoms with Crippen LogP contribution in [0.5, 0.6) is 11.5 Å². The molecule has 0 aromatic heterocycles. The summed E-state index contributed by atoms with van der Waals surface area (Å²) in [5.74, 6) is -0.280. The molecular weight excluding hydrogens is 573 g/mol. The van der Waals surface area contributed by atoms with Gasteiger partial charge in [0.05, 0.1) is 16.8 Å². The average Bonchev–Trinajstić information content (AvgIpc) is 3.01. The number of carbonyl (C=O) groups excluding carboxylic acids is 2. The highest BCUT2D eigenvalue weighted by Gasteiger charge is 2.30. The van der Waals surface area contributed by atoms with Gasteiger partial charge in [-0.1, -0.05) is 42.5 Å². The van der Waals surface area contributed by atoms with Gasteiger partial charge in [0, 0.05) is 30.2 Å². The van der Waals surface area contributed by atoms with Crippen LogP contribution in [-0.2, 0) is 6.18 Å². The molecule has 0 saturated heterocycles. The molecule has 10 heteroatoms. The van der Waals surface area contributed by atoms with Gasteiger partial charge in [-0.3, -0.25) is 9.59 Å². The number of rotatable bonds is 10. The van der Waals surface area contributed by atoms with Crippen LogP contribution in [0.3, 0.4) is 0 Å². The minimum Gasteiger partial charge on any atom is -0.457 e. The third kappa shape index (κ3) is 6.82. The summed E-state index contributed by atoms with van der Waals surface area (Å²) in [6.07, 6.45) is -3.92. The second-order valence-electron chi connectivity index (χ2n) is 10.2. The van der Waals surface area contributed by atoms with Crippen LogP contribution >= 0.6 is 0 Å². The van der Waals surface area contributed by atoms with Gasteiger partial charge in [0.2, 0.25) is 0 Å². The van der Waals surface area contributed by atoms with E-state index in [1.807, 2.05) is 12.1 Å². The third-order valence-electron chi connectivity index (χ3n) is 7.21. The van der Waals surface area contributed by atoms with Crippen LogP contribution in [0.1, 0.15) is 39.1 Å². The van der Waals surface area contributed by atoms with Crippen LogP contribution in [0.15, 0.2) is 97.1 Å². The SMILES string of the molecule is O=C(Nc1ccc2ccccc2c1C(=O)NC(CCO)CCO)c1ccc2c(Oc3ccc(C(F)(F)F)cc3)cccc2c1. The Morgan fingerprint density at radius 3 is 2.16 bits per heavy atom. The zero-order valence-corrected chi connectivity index (χ0v) is 23.4. The molecule has 0 fully saturated rings. The molecule has 5 rings (SSSR count). The number of carbonyl (C=O) groups is 2. The van der Waals surface area contributed by atoms with E-state index in [-0.39, 0.29) is 43.1 Å². The Morgan fingerprint density at radius 1 is 0.750 bits per heavy atom. The Balaban J connectivity index is 1.41. The van der Waals surface area contributed by atoms with E-state index < -0.39 is 29.6 Å². The topological polar surface area (TPSA) is 108 Å². The van der Waals surface area contributed by atoms with Crippen LogP contribution in [0, 0.1) is 0 Å². The Morgan fingerprint density at radius 2 is 1.45 bits per heavy atom. The number of aliphatic hydroxyl groups excluding tert-OH is 2. The minimum atomic E-state index is -4.45. The number of benzene rings is 5. The first-order chi connectivity index (χ1) is 21.2. The number of aliphatic hydroxyl groups is 2. The molecule has 226 valence electrons. The van der Waals surface area contributed by atoms with Crippen LogP contribution in [0.25, 0.3) is 21.5 Å². The molecule has 4 N–H and O–H groups in total. The number of fused-ring (bicyclic) bond motifs is 2. The number of alkyl halides is 3. The molecule has 0 unspecified atom stereocenters. The van der Waals surface area contributed by atoms with E-state index in [4.69, 9.17) is 4.74 Å². The fourth-order valence-electron chi connectivity index (χ4n) is 5.00. The molecule has 5 aromatic carbocycles. The quantitative estimate of drug-likeness (QED) is 0.139. The maximum Gasteiger partial charge on any atom is 0.416 e. The van der Waals surface area contributed by atoms with Gasteiger partial charge in [-0.05, 0) is 83.6 Å². The summed E-state index contributed by atoms with van der Waals surface area (Å²) >= 11 is 0. The van der Waals surface area contributed by atoms with Gasteiger partial charge in [-0.2, -0.15) is 13.2 Å². The van der Waals surface area contributed by atoms with E-state index in [9.17, 15) is 33.0 Å². The van der Waals surface area contributed by atoms with Crippen molar-refractivity contribution in [1.29, 1.82) is 0 Å². The van der Waals surface area contributed by atoms with Crippen molar-refractivity contribution in [3.8, 4) is 11.5 Å². The summed E-state index contributed by atoms with van der Waals surface area (Å²) in [5.41, 5.74) is 0.0746. The number of amides is 2. The second kappa shape index (κ2) is 13.2. The van der Waals surface area contributed by atoms with Gasteiger partial charge >= 0.3 is 6.18 Å². The number of hydrogen-bond donors (Lipinski definition) is 4. The summed E-state index contributed by atoms with van der Waals surface area (Å²) in [6.45, 7) is -0.327. The largest absolute Gasteiger partial charge is 0.457 e. The zero-order chi connectivity index (χ0) is 31.3. The number of halogens is 3. The van der Waals surface area contributed by atoms with Gasteiger partial charge < -0.3 is 25.6 Å². The number of hydrogen-bond acceptors (Lipinski definition) is 5. The molecule has 44 heavy (non-hydrogen) atoms. The lowest BCUT2D eigenvalue weighted by Crippen LogP contribution is -2.36. The van der Waals surface area contributed by atoms with E-state index in [0.717, 1.165) is 17.5 Å². The van der Waals surface area contributed by atoms with Crippen LogP contribution in [-0.4, -0.2) is 41.3 Å². The molecule has 0 radical (unpaired) electrons. The summed E-state index contributed by atoms with van der Waals surface area (Å²) in [4.78, 5) is 26.9. The van der Waals surface area contributed by atoms with E-state index in [1.54, 1.807) is 60.7 Å². The molecule has 0 spiro atoms. The van der Waals surface area contributed by atoms with Crippen molar-refractivity contribution in [2.24, 2.45) is 0 Å². The van der Waals surface area contributed by atoms with E-state index >= 15 is 0 Å². The Hall–Kier alpha value is -4.93. The number of anilines is 1. The molecular formula is C34H29F3N2O5. The lowest BCUT2D eigenvalue weighted by atomic mass is 10.00. The molecule has 2 amide bonds. The molecule has 5 aromatic rings. The van der Waals surface area contributed by atoms with Crippen molar-refractivity contribution in [1.82, 2.24) is 5.32 Å². The smallest absolute Gasteiger partial charge is 0.416 e. The summed E-state index contributed by atoms with van der Waals surface area (Å²) in [5, 5.41) is 27.2. The van der Waals surface area contributed by atoms with Gasteiger partial charge in [0.15, 0.2) is 0 Å². The molecule has 0 saturated carbocycles. The first-order valence-corrected chi connectivity index (χ1v) is 13.9. The lowest BCUT2D eigenvalue weighted by Gasteiger charge is -2.19. The molecule has 0 aliphatic heterocycles. The Kier molecular flexibility index (Phi) is 9.12. The third-order valence-corrected chi connectivity index (χ3v) is 7.21. The van der Waals surface area contributed by atoms with Crippen molar-refractivity contribution in [2.45, 2.75) is 25.1 Å². The summed E-state index contributed by atoms with van der Waals surface area (Å²) < 4.78 is 44.6. The van der Waals surface area contributed by atoms with E-state index in [1.165, 1.54) is 12.1 Å². The van der Waals surface area contributed by atoms with Gasteiger partial charge in [0.25, 0.3) is 11.8 Å². The van der Waals surface area contributed by atoms with Crippen molar-refractivity contribution in [3.63, 3.8) is 0 Å². The standard InChI is InChI=1S/C34H29F3N2O5/c35-34(36,37)24-10-12-26(13-11-24)44-30-7-3-5-22-20-23(8-14-27(22)30)32(42)39-29-15-9-21-4-1-2-6-28(21)31(29)33(43)38-25(16-18-40)17-19-41/h1-15,20,25,40-41H,16-19H2,(H,38,43)(H,39,42). The van der Waals surface area contributed by atoms with Gasteiger partial charge in [-0.15, -0.1) is 0 Å². The van der Waals surface area contributed by atoms with Crippen molar-refractivity contribution in [3.05, 3.63) is 114 Å². The first-order valence-electron chi connectivity index (χ1n) is 13.9. The summed E-state index contributed by atoms with van der Waals surface area (Å²) in [6, 6.07) is 24.8. The highest BCUT2D eigenvalue weighted by Crippen LogP contribution is 2.34.